The molecule has 0 bridgehead atoms. The third-order valence-corrected chi connectivity index (χ3v) is 4.29. The zero-order valence-corrected chi connectivity index (χ0v) is 11.8. The van der Waals surface area contributed by atoms with E-state index in [1.54, 1.807) is 11.3 Å². The van der Waals surface area contributed by atoms with Crippen LogP contribution in [0, 0.1) is 6.92 Å². The normalized spacial score (nSPS) is 22.2. The number of ether oxygens (including phenoxy) is 1. The second-order valence-corrected chi connectivity index (χ2v) is 6.08. The van der Waals surface area contributed by atoms with E-state index in [4.69, 9.17) is 9.84 Å². The number of aryl methyl sites for hydroxylation is 1. The highest BCUT2D eigenvalue weighted by Crippen LogP contribution is 2.28. The molecule has 2 unspecified atom stereocenters. The van der Waals surface area contributed by atoms with Gasteiger partial charge in [0.1, 0.15) is 17.0 Å². The fourth-order valence-corrected chi connectivity index (χ4v) is 3.21. The third kappa shape index (κ3) is 2.59. The second kappa shape index (κ2) is 5.34. The number of carboxylic acid groups (broad SMARTS) is 1. The first-order valence-corrected chi connectivity index (χ1v) is 7.28. The first kappa shape index (κ1) is 13.3. The van der Waals surface area contributed by atoms with E-state index in [1.165, 1.54) is 11.2 Å². The van der Waals surface area contributed by atoms with Crippen molar-refractivity contribution in [2.24, 2.45) is 0 Å². The third-order valence-electron chi connectivity index (χ3n) is 3.33. The van der Waals surface area contributed by atoms with E-state index in [1.807, 2.05) is 6.92 Å². The molecule has 2 N–H and O–H groups in total. The summed E-state index contributed by atoms with van der Waals surface area (Å²) in [5, 5.41) is 13.1. The van der Waals surface area contributed by atoms with E-state index in [-0.39, 0.29) is 6.10 Å². The van der Waals surface area contributed by atoms with Gasteiger partial charge in [0.25, 0.3) is 0 Å². The summed E-state index contributed by atoms with van der Waals surface area (Å²) in [5.74, 6) is -0.105. The fourth-order valence-electron chi connectivity index (χ4n) is 2.36. The number of rotatable bonds is 4. The summed E-state index contributed by atoms with van der Waals surface area (Å²) < 4.78 is 5.46. The second-order valence-electron chi connectivity index (χ2n) is 4.84. The Hall–Kier alpha value is -1.73. The molecule has 0 saturated carbocycles. The number of carbonyl (C=O) groups is 1. The summed E-state index contributed by atoms with van der Waals surface area (Å²) in [6, 6.07) is 2.05. The summed E-state index contributed by atoms with van der Waals surface area (Å²) >= 11 is 1.63. The molecular formula is C13H15N3O3S. The molecule has 3 heterocycles. The molecule has 106 valence electrons. The molecule has 1 aliphatic rings. The Kier molecular flexibility index (Phi) is 3.54. The molecule has 0 radical (unpaired) electrons. The topological polar surface area (TPSA) is 84.3 Å². The van der Waals surface area contributed by atoms with Gasteiger partial charge in [0.2, 0.25) is 0 Å². The van der Waals surface area contributed by atoms with Crippen LogP contribution in [0.2, 0.25) is 0 Å². The van der Waals surface area contributed by atoms with Gasteiger partial charge in [0.05, 0.1) is 11.5 Å². The minimum atomic E-state index is -0.884. The number of hydrogen-bond donors (Lipinski definition) is 2. The minimum absolute atomic E-state index is 0.0825. The molecule has 6 nitrogen and oxygen atoms in total. The summed E-state index contributed by atoms with van der Waals surface area (Å²) in [6.45, 7) is 2.60. The monoisotopic (exact) mass is 293 g/mol. The maximum absolute atomic E-state index is 10.8. The Bertz CT molecular complexity index is 643. The average molecular weight is 293 g/mol. The van der Waals surface area contributed by atoms with Gasteiger partial charge < -0.3 is 15.2 Å². The zero-order chi connectivity index (χ0) is 14.1. The fraction of sp³-hybridized carbons (Fsp3) is 0.462. The van der Waals surface area contributed by atoms with Crippen molar-refractivity contribution in [3.05, 3.63) is 17.3 Å². The summed E-state index contributed by atoms with van der Waals surface area (Å²) in [7, 11) is 0. The van der Waals surface area contributed by atoms with Crippen LogP contribution in [0.3, 0.4) is 0 Å². The molecule has 1 fully saturated rings. The number of fused-ring (bicyclic) bond motifs is 1. The Morgan fingerprint density at radius 3 is 3.15 bits per heavy atom. The Labute approximate surface area is 119 Å². The highest BCUT2D eigenvalue weighted by Gasteiger charge is 2.30. The number of aliphatic carboxylic acids is 1. The Balaban J connectivity index is 1.67. The first-order chi connectivity index (χ1) is 9.63. The van der Waals surface area contributed by atoms with Crippen LogP contribution in [-0.2, 0) is 9.53 Å². The maximum atomic E-state index is 10.8. The molecule has 0 aliphatic carbocycles. The van der Waals surface area contributed by atoms with Crippen LogP contribution in [0.4, 0.5) is 5.82 Å². The van der Waals surface area contributed by atoms with E-state index >= 15 is 0 Å². The number of thiophene rings is 1. The van der Waals surface area contributed by atoms with Gasteiger partial charge in [-0.05, 0) is 25.8 Å². The summed E-state index contributed by atoms with van der Waals surface area (Å²) in [5.41, 5.74) is 0. The predicted octanol–water partition coefficient (Wildman–Crippen LogP) is 2.04. The quantitative estimate of drug-likeness (QED) is 0.897. The van der Waals surface area contributed by atoms with Crippen molar-refractivity contribution >= 4 is 33.3 Å². The molecule has 2 aromatic heterocycles. The Morgan fingerprint density at radius 2 is 2.40 bits per heavy atom. The SMILES string of the molecule is Cc1cc2c(NCC3CCC(C(=O)O)O3)ncnc2s1. The highest BCUT2D eigenvalue weighted by atomic mass is 32.1. The van der Waals surface area contributed by atoms with E-state index in [2.05, 4.69) is 21.4 Å². The first-order valence-electron chi connectivity index (χ1n) is 6.47. The van der Waals surface area contributed by atoms with Crippen molar-refractivity contribution in [1.29, 1.82) is 0 Å². The van der Waals surface area contributed by atoms with Crippen LogP contribution in [0.1, 0.15) is 17.7 Å². The van der Waals surface area contributed by atoms with Crippen LogP contribution < -0.4 is 5.32 Å². The van der Waals surface area contributed by atoms with Crippen molar-refractivity contribution < 1.29 is 14.6 Å². The van der Waals surface area contributed by atoms with Gasteiger partial charge in [-0.15, -0.1) is 11.3 Å². The number of carboxylic acids is 1. The molecule has 1 saturated heterocycles. The molecule has 2 atom stereocenters. The van der Waals surface area contributed by atoms with Crippen LogP contribution in [0.5, 0.6) is 0 Å². The van der Waals surface area contributed by atoms with Crippen molar-refractivity contribution in [2.45, 2.75) is 32.0 Å². The van der Waals surface area contributed by atoms with Crippen molar-refractivity contribution in [3.63, 3.8) is 0 Å². The highest BCUT2D eigenvalue weighted by molar-refractivity contribution is 7.18. The molecule has 0 spiro atoms. The average Bonchev–Trinajstić information content (AvgIpc) is 3.01. The van der Waals surface area contributed by atoms with Gasteiger partial charge in [-0.2, -0.15) is 0 Å². The predicted molar refractivity (Wildman–Crippen MR) is 76.2 cm³/mol. The molecular weight excluding hydrogens is 278 g/mol. The minimum Gasteiger partial charge on any atom is -0.479 e. The number of nitrogens with one attached hydrogen (secondary N) is 1. The van der Waals surface area contributed by atoms with Crippen LogP contribution in [0.25, 0.3) is 10.2 Å². The smallest absolute Gasteiger partial charge is 0.332 e. The lowest BCUT2D eigenvalue weighted by molar-refractivity contribution is -0.149. The van der Waals surface area contributed by atoms with E-state index in [0.29, 0.717) is 13.0 Å². The molecule has 1 aliphatic heterocycles. The largest absolute Gasteiger partial charge is 0.479 e. The molecule has 20 heavy (non-hydrogen) atoms. The summed E-state index contributed by atoms with van der Waals surface area (Å²) in [6.07, 6.45) is 2.10. The van der Waals surface area contributed by atoms with Gasteiger partial charge >= 0.3 is 5.97 Å². The lowest BCUT2D eigenvalue weighted by atomic mass is 10.2. The van der Waals surface area contributed by atoms with Gasteiger partial charge in [-0.1, -0.05) is 0 Å². The lowest BCUT2D eigenvalue weighted by Gasteiger charge is -2.13. The van der Waals surface area contributed by atoms with Crippen molar-refractivity contribution in [3.8, 4) is 0 Å². The maximum Gasteiger partial charge on any atom is 0.332 e. The number of aromatic nitrogens is 2. The number of hydrogen-bond acceptors (Lipinski definition) is 6. The van der Waals surface area contributed by atoms with Gasteiger partial charge in [0.15, 0.2) is 6.10 Å². The van der Waals surface area contributed by atoms with Gasteiger partial charge in [0, 0.05) is 11.4 Å². The summed E-state index contributed by atoms with van der Waals surface area (Å²) in [4.78, 5) is 21.5. The Morgan fingerprint density at radius 1 is 1.55 bits per heavy atom. The van der Waals surface area contributed by atoms with Crippen LogP contribution >= 0.6 is 11.3 Å². The number of anilines is 1. The van der Waals surface area contributed by atoms with E-state index in [9.17, 15) is 4.79 Å². The standard InChI is InChI=1S/C13H15N3O3S/c1-7-4-9-11(15-6-16-12(9)20-7)14-5-8-2-3-10(19-8)13(17)18/h4,6,8,10H,2-3,5H2,1H3,(H,17,18)(H,14,15,16). The molecule has 7 heteroatoms. The number of nitrogens with zero attached hydrogens (tertiary/aromatic N) is 2. The van der Waals surface area contributed by atoms with Crippen molar-refractivity contribution in [1.82, 2.24) is 9.97 Å². The lowest BCUT2D eigenvalue weighted by Crippen LogP contribution is -2.24. The van der Waals surface area contributed by atoms with E-state index < -0.39 is 12.1 Å². The molecule has 2 aromatic rings. The van der Waals surface area contributed by atoms with Crippen molar-refractivity contribution in [2.75, 3.05) is 11.9 Å². The zero-order valence-electron chi connectivity index (χ0n) is 11.0. The van der Waals surface area contributed by atoms with Gasteiger partial charge in [-0.25, -0.2) is 14.8 Å². The van der Waals surface area contributed by atoms with Crippen LogP contribution in [0.15, 0.2) is 12.4 Å². The van der Waals surface area contributed by atoms with Crippen LogP contribution in [-0.4, -0.2) is 39.8 Å². The van der Waals surface area contributed by atoms with E-state index in [0.717, 1.165) is 22.5 Å². The molecule has 3 rings (SSSR count). The molecule has 0 amide bonds. The molecule has 0 aromatic carbocycles. The van der Waals surface area contributed by atoms with Gasteiger partial charge in [-0.3, -0.25) is 0 Å².